The molecule has 3 amide bonds. The zero-order valence-electron chi connectivity index (χ0n) is 17.3. The van der Waals surface area contributed by atoms with Crippen LogP contribution in [0.15, 0.2) is 48.7 Å². The van der Waals surface area contributed by atoms with E-state index in [1.807, 2.05) is 6.07 Å². The predicted octanol–water partition coefficient (Wildman–Crippen LogP) is 3.91. The van der Waals surface area contributed by atoms with E-state index in [9.17, 15) is 19.1 Å². The lowest BCUT2D eigenvalue weighted by Gasteiger charge is -2.18. The number of amides is 3. The molecule has 0 aliphatic rings. The molecule has 0 saturated heterocycles. The molecule has 1 heterocycles. The van der Waals surface area contributed by atoms with E-state index in [1.54, 1.807) is 30.5 Å². The highest BCUT2D eigenvalue weighted by atomic mass is 35.5. The van der Waals surface area contributed by atoms with Crippen molar-refractivity contribution < 1.29 is 23.8 Å². The van der Waals surface area contributed by atoms with Gasteiger partial charge >= 0.3 is 12.1 Å². The Bertz CT molecular complexity index is 1130. The molecule has 0 atom stereocenters. The second-order valence-corrected chi connectivity index (χ2v) is 7.34. The van der Waals surface area contributed by atoms with E-state index in [0.29, 0.717) is 11.4 Å². The Kier molecular flexibility index (Phi) is 7.80. The van der Waals surface area contributed by atoms with E-state index in [2.05, 4.69) is 15.6 Å². The number of pyridine rings is 1. The third-order valence-corrected chi connectivity index (χ3v) is 5.09. The minimum absolute atomic E-state index is 0.0367. The van der Waals surface area contributed by atoms with Crippen LogP contribution in [-0.2, 0) is 17.9 Å². The summed E-state index contributed by atoms with van der Waals surface area (Å²) in [5.41, 5.74) is 1.20. The molecule has 32 heavy (non-hydrogen) atoms. The molecule has 2 aromatic carbocycles. The number of halogens is 2. The van der Waals surface area contributed by atoms with Crippen LogP contribution in [-0.4, -0.2) is 47.3 Å². The number of carbonyl (C=O) groups is 2. The summed E-state index contributed by atoms with van der Waals surface area (Å²) in [6, 6.07) is 11.0. The number of carbonyl (C=O) groups excluding carboxylic acids is 2. The Balaban J connectivity index is 1.44. The van der Waals surface area contributed by atoms with Crippen molar-refractivity contribution in [3.8, 4) is 0 Å². The summed E-state index contributed by atoms with van der Waals surface area (Å²) >= 11 is 5.87. The molecule has 0 fully saturated rings. The van der Waals surface area contributed by atoms with Crippen molar-refractivity contribution >= 4 is 40.3 Å². The standard InChI is InChI=1S/C22H22ClFN4O4/c1-28(21(30)26-12-16-3-2-4-18(24)20(16)23)7-8-32-22(31)27-19-10-17-9-14(13-29)5-6-15(17)11-25-19/h2-6,9-11,29H,7-8,12-13H2,1H3,(H,26,30)(H,25,27,31). The maximum Gasteiger partial charge on any atom is 0.412 e. The molecule has 0 aliphatic carbocycles. The van der Waals surface area contributed by atoms with Gasteiger partial charge in [-0.25, -0.2) is 19.0 Å². The largest absolute Gasteiger partial charge is 0.447 e. The number of hydrogen-bond donors (Lipinski definition) is 3. The number of ether oxygens (including phenoxy) is 1. The van der Waals surface area contributed by atoms with Crippen molar-refractivity contribution in [1.82, 2.24) is 15.2 Å². The molecular formula is C22H22ClFN4O4. The molecule has 168 valence electrons. The lowest BCUT2D eigenvalue weighted by atomic mass is 10.1. The van der Waals surface area contributed by atoms with Crippen molar-refractivity contribution in [2.75, 3.05) is 25.5 Å². The highest BCUT2D eigenvalue weighted by Gasteiger charge is 2.12. The quantitative estimate of drug-likeness (QED) is 0.496. The molecule has 10 heteroatoms. The van der Waals surface area contributed by atoms with E-state index in [1.165, 1.54) is 24.1 Å². The molecule has 1 aromatic heterocycles. The van der Waals surface area contributed by atoms with Gasteiger partial charge in [0.1, 0.15) is 18.2 Å². The number of urea groups is 1. The van der Waals surface area contributed by atoms with Crippen LogP contribution in [0.4, 0.5) is 19.8 Å². The Hall–Kier alpha value is -3.43. The molecule has 3 aromatic rings. The van der Waals surface area contributed by atoms with Gasteiger partial charge in [-0.3, -0.25) is 5.32 Å². The first-order valence-electron chi connectivity index (χ1n) is 9.72. The number of likely N-dealkylation sites (N-methyl/N-ethyl adjacent to an activating group) is 1. The van der Waals surface area contributed by atoms with Gasteiger partial charge in [0.2, 0.25) is 0 Å². The zero-order chi connectivity index (χ0) is 23.1. The number of nitrogens with zero attached hydrogens (tertiary/aromatic N) is 2. The Morgan fingerprint density at radius 3 is 2.81 bits per heavy atom. The smallest absolute Gasteiger partial charge is 0.412 e. The summed E-state index contributed by atoms with van der Waals surface area (Å²) in [5, 5.41) is 16.0. The van der Waals surface area contributed by atoms with E-state index in [0.717, 1.165) is 16.3 Å². The summed E-state index contributed by atoms with van der Waals surface area (Å²) in [4.78, 5) is 29.6. The first kappa shape index (κ1) is 23.2. The van der Waals surface area contributed by atoms with Crippen LogP contribution in [0.5, 0.6) is 0 Å². The van der Waals surface area contributed by atoms with Crippen molar-refractivity contribution in [2.24, 2.45) is 0 Å². The molecule has 3 N–H and O–H groups in total. The molecule has 0 radical (unpaired) electrons. The van der Waals surface area contributed by atoms with Crippen LogP contribution in [0.2, 0.25) is 5.02 Å². The molecule has 3 rings (SSSR count). The number of benzene rings is 2. The second kappa shape index (κ2) is 10.7. The molecule has 0 bridgehead atoms. The number of aliphatic hydroxyl groups is 1. The van der Waals surface area contributed by atoms with Crippen LogP contribution in [0.1, 0.15) is 11.1 Å². The monoisotopic (exact) mass is 460 g/mol. The minimum atomic E-state index is -0.712. The first-order chi connectivity index (χ1) is 15.4. The topological polar surface area (TPSA) is 104 Å². The lowest BCUT2D eigenvalue weighted by molar-refractivity contribution is 0.146. The fourth-order valence-electron chi connectivity index (χ4n) is 2.87. The van der Waals surface area contributed by atoms with Crippen molar-refractivity contribution in [3.63, 3.8) is 0 Å². The van der Waals surface area contributed by atoms with Gasteiger partial charge in [-0.05, 0) is 34.7 Å². The fourth-order valence-corrected chi connectivity index (χ4v) is 3.06. The Labute approximate surface area is 189 Å². The summed E-state index contributed by atoms with van der Waals surface area (Å²) in [6.07, 6.45) is 0.894. The van der Waals surface area contributed by atoms with Gasteiger partial charge in [-0.1, -0.05) is 35.9 Å². The van der Waals surface area contributed by atoms with E-state index < -0.39 is 17.9 Å². The van der Waals surface area contributed by atoms with Gasteiger partial charge < -0.3 is 20.1 Å². The Morgan fingerprint density at radius 1 is 1.22 bits per heavy atom. The number of nitrogens with one attached hydrogen (secondary N) is 2. The minimum Gasteiger partial charge on any atom is -0.447 e. The van der Waals surface area contributed by atoms with Crippen LogP contribution in [0.25, 0.3) is 10.8 Å². The zero-order valence-corrected chi connectivity index (χ0v) is 18.0. The van der Waals surface area contributed by atoms with Gasteiger partial charge in [0.05, 0.1) is 18.2 Å². The number of rotatable bonds is 7. The highest BCUT2D eigenvalue weighted by Crippen LogP contribution is 2.20. The predicted molar refractivity (Wildman–Crippen MR) is 119 cm³/mol. The summed E-state index contributed by atoms with van der Waals surface area (Å²) in [5.74, 6) is -0.253. The van der Waals surface area contributed by atoms with Gasteiger partial charge in [-0.15, -0.1) is 0 Å². The molecule has 0 aliphatic heterocycles. The van der Waals surface area contributed by atoms with Crippen molar-refractivity contribution in [1.29, 1.82) is 0 Å². The average molecular weight is 461 g/mol. The molecular weight excluding hydrogens is 439 g/mol. The van der Waals surface area contributed by atoms with Gasteiger partial charge in [-0.2, -0.15) is 0 Å². The summed E-state index contributed by atoms with van der Waals surface area (Å²) < 4.78 is 18.5. The van der Waals surface area contributed by atoms with Crippen LogP contribution >= 0.6 is 11.6 Å². The van der Waals surface area contributed by atoms with Crippen LogP contribution in [0, 0.1) is 5.82 Å². The van der Waals surface area contributed by atoms with Crippen LogP contribution in [0.3, 0.4) is 0 Å². The van der Waals surface area contributed by atoms with E-state index in [-0.39, 0.29) is 31.3 Å². The van der Waals surface area contributed by atoms with Gasteiger partial charge in [0.15, 0.2) is 0 Å². The molecule has 0 unspecified atom stereocenters. The van der Waals surface area contributed by atoms with Gasteiger partial charge in [0.25, 0.3) is 0 Å². The summed E-state index contributed by atoms with van der Waals surface area (Å²) in [7, 11) is 1.54. The fraction of sp³-hybridized carbons (Fsp3) is 0.227. The molecule has 0 saturated carbocycles. The number of hydrogen-bond acceptors (Lipinski definition) is 5. The van der Waals surface area contributed by atoms with E-state index in [4.69, 9.17) is 16.3 Å². The maximum absolute atomic E-state index is 13.4. The average Bonchev–Trinajstić information content (AvgIpc) is 2.79. The number of aliphatic hydroxyl groups excluding tert-OH is 1. The van der Waals surface area contributed by atoms with Crippen molar-refractivity contribution in [3.05, 3.63) is 70.6 Å². The number of fused-ring (bicyclic) bond motifs is 1. The maximum atomic E-state index is 13.4. The lowest BCUT2D eigenvalue weighted by Crippen LogP contribution is -2.39. The van der Waals surface area contributed by atoms with E-state index >= 15 is 0 Å². The third-order valence-electron chi connectivity index (χ3n) is 4.67. The number of anilines is 1. The van der Waals surface area contributed by atoms with Crippen molar-refractivity contribution in [2.45, 2.75) is 13.2 Å². The summed E-state index contributed by atoms with van der Waals surface area (Å²) in [6.45, 7) is 0.0754. The SMILES string of the molecule is CN(CCOC(=O)Nc1cc2cc(CO)ccc2cn1)C(=O)NCc1cccc(F)c1Cl. The number of aromatic nitrogens is 1. The Morgan fingerprint density at radius 2 is 2.03 bits per heavy atom. The first-order valence-corrected chi connectivity index (χ1v) is 10.1. The molecule has 0 spiro atoms. The van der Waals surface area contributed by atoms with Gasteiger partial charge in [0, 0.05) is 25.2 Å². The second-order valence-electron chi connectivity index (χ2n) is 6.96. The molecule has 8 nitrogen and oxygen atoms in total. The highest BCUT2D eigenvalue weighted by molar-refractivity contribution is 6.31. The third kappa shape index (κ3) is 6.05. The van der Waals surface area contributed by atoms with Crippen LogP contribution < -0.4 is 10.6 Å². The normalized spacial score (nSPS) is 10.6.